The highest BCUT2D eigenvalue weighted by Gasteiger charge is 2.19. The van der Waals surface area contributed by atoms with E-state index >= 15 is 0 Å². The fourth-order valence-corrected chi connectivity index (χ4v) is 2.33. The molecule has 84 valence electrons. The van der Waals surface area contributed by atoms with Crippen LogP contribution in [0.25, 0.3) is 0 Å². The third kappa shape index (κ3) is 4.43. The SMILES string of the molecule is CCOCC(C)NC1CCCC(C)C1. The zero-order valence-electron chi connectivity index (χ0n) is 9.88. The molecule has 1 N–H and O–H groups in total. The molecule has 0 radical (unpaired) electrons. The highest BCUT2D eigenvalue weighted by molar-refractivity contribution is 4.78. The van der Waals surface area contributed by atoms with E-state index in [0.717, 1.165) is 25.2 Å². The predicted octanol–water partition coefficient (Wildman–Crippen LogP) is 2.58. The summed E-state index contributed by atoms with van der Waals surface area (Å²) in [6, 6.07) is 1.24. The van der Waals surface area contributed by atoms with E-state index in [0.29, 0.717) is 6.04 Å². The number of rotatable bonds is 5. The fourth-order valence-electron chi connectivity index (χ4n) is 2.33. The van der Waals surface area contributed by atoms with E-state index in [2.05, 4.69) is 26.1 Å². The van der Waals surface area contributed by atoms with Gasteiger partial charge in [-0.2, -0.15) is 0 Å². The average molecular weight is 199 g/mol. The zero-order chi connectivity index (χ0) is 10.4. The van der Waals surface area contributed by atoms with Gasteiger partial charge in [-0.15, -0.1) is 0 Å². The molecule has 0 aliphatic heterocycles. The summed E-state index contributed by atoms with van der Waals surface area (Å²) in [7, 11) is 0. The van der Waals surface area contributed by atoms with Crippen LogP contribution in [0.2, 0.25) is 0 Å². The van der Waals surface area contributed by atoms with Crippen molar-refractivity contribution in [3.8, 4) is 0 Å². The second-order valence-corrected chi connectivity index (χ2v) is 4.70. The van der Waals surface area contributed by atoms with E-state index in [-0.39, 0.29) is 0 Å². The molecule has 14 heavy (non-hydrogen) atoms. The minimum atomic E-state index is 0.505. The molecule has 3 atom stereocenters. The van der Waals surface area contributed by atoms with Gasteiger partial charge in [-0.05, 0) is 32.6 Å². The summed E-state index contributed by atoms with van der Waals surface area (Å²) in [5.41, 5.74) is 0. The van der Waals surface area contributed by atoms with Gasteiger partial charge in [-0.25, -0.2) is 0 Å². The molecular weight excluding hydrogens is 174 g/mol. The van der Waals surface area contributed by atoms with Crippen molar-refractivity contribution in [2.45, 2.75) is 58.5 Å². The standard InChI is InChI=1S/C12H25NO/c1-4-14-9-11(3)13-12-7-5-6-10(2)8-12/h10-13H,4-9H2,1-3H3. The number of nitrogens with one attached hydrogen (secondary N) is 1. The maximum absolute atomic E-state index is 5.40. The van der Waals surface area contributed by atoms with Crippen LogP contribution in [-0.4, -0.2) is 25.3 Å². The van der Waals surface area contributed by atoms with Crippen molar-refractivity contribution in [2.75, 3.05) is 13.2 Å². The molecule has 0 saturated heterocycles. The highest BCUT2D eigenvalue weighted by Crippen LogP contribution is 2.23. The second-order valence-electron chi connectivity index (χ2n) is 4.70. The van der Waals surface area contributed by atoms with Crippen LogP contribution in [-0.2, 0) is 4.74 Å². The Balaban J connectivity index is 2.15. The molecule has 1 rings (SSSR count). The Morgan fingerprint density at radius 2 is 2.21 bits per heavy atom. The van der Waals surface area contributed by atoms with Crippen LogP contribution >= 0.6 is 0 Å². The van der Waals surface area contributed by atoms with Crippen LogP contribution in [0, 0.1) is 5.92 Å². The molecule has 0 heterocycles. The van der Waals surface area contributed by atoms with E-state index in [4.69, 9.17) is 4.74 Å². The lowest BCUT2D eigenvalue weighted by atomic mass is 9.87. The first-order chi connectivity index (χ1) is 6.72. The Bertz CT molecular complexity index is 149. The minimum Gasteiger partial charge on any atom is -0.380 e. The molecule has 0 spiro atoms. The Hall–Kier alpha value is -0.0800. The Morgan fingerprint density at radius 3 is 2.86 bits per heavy atom. The Labute approximate surface area is 88.4 Å². The highest BCUT2D eigenvalue weighted by atomic mass is 16.5. The first kappa shape index (κ1) is 12.0. The fraction of sp³-hybridized carbons (Fsp3) is 1.00. The van der Waals surface area contributed by atoms with Gasteiger partial charge in [0.1, 0.15) is 0 Å². The number of ether oxygens (including phenoxy) is 1. The lowest BCUT2D eigenvalue weighted by Gasteiger charge is -2.30. The van der Waals surface area contributed by atoms with Crippen LogP contribution in [0.1, 0.15) is 46.5 Å². The van der Waals surface area contributed by atoms with Crippen molar-refractivity contribution in [1.29, 1.82) is 0 Å². The van der Waals surface area contributed by atoms with Crippen LogP contribution in [0.15, 0.2) is 0 Å². The van der Waals surface area contributed by atoms with Gasteiger partial charge in [0.2, 0.25) is 0 Å². The van der Waals surface area contributed by atoms with Crippen LogP contribution in [0.4, 0.5) is 0 Å². The molecule has 0 aromatic carbocycles. The van der Waals surface area contributed by atoms with Crippen molar-refractivity contribution in [3.63, 3.8) is 0 Å². The molecular formula is C12H25NO. The average Bonchev–Trinajstić information content (AvgIpc) is 2.15. The summed E-state index contributed by atoms with van der Waals surface area (Å²) < 4.78 is 5.40. The van der Waals surface area contributed by atoms with Gasteiger partial charge in [0.05, 0.1) is 6.61 Å². The van der Waals surface area contributed by atoms with E-state index in [1.807, 2.05) is 0 Å². The third-order valence-corrected chi connectivity index (χ3v) is 3.03. The molecule has 1 aliphatic rings. The normalized spacial score (nSPS) is 30.2. The first-order valence-electron chi connectivity index (χ1n) is 6.06. The van der Waals surface area contributed by atoms with Crippen molar-refractivity contribution < 1.29 is 4.74 Å². The molecule has 0 bridgehead atoms. The maximum atomic E-state index is 5.40. The molecule has 0 aromatic heterocycles. The van der Waals surface area contributed by atoms with E-state index in [9.17, 15) is 0 Å². The van der Waals surface area contributed by atoms with E-state index < -0.39 is 0 Å². The lowest BCUT2D eigenvalue weighted by Crippen LogP contribution is -2.41. The molecule has 0 amide bonds. The third-order valence-electron chi connectivity index (χ3n) is 3.03. The Kier molecular flexibility index (Phi) is 5.49. The van der Waals surface area contributed by atoms with Gasteiger partial charge in [0.15, 0.2) is 0 Å². The molecule has 1 aliphatic carbocycles. The number of hydrogen-bond acceptors (Lipinski definition) is 2. The largest absolute Gasteiger partial charge is 0.380 e. The van der Waals surface area contributed by atoms with Crippen molar-refractivity contribution in [1.82, 2.24) is 5.32 Å². The van der Waals surface area contributed by atoms with Gasteiger partial charge in [0, 0.05) is 18.7 Å². The molecule has 3 unspecified atom stereocenters. The number of hydrogen-bond donors (Lipinski definition) is 1. The van der Waals surface area contributed by atoms with Gasteiger partial charge in [0.25, 0.3) is 0 Å². The summed E-state index contributed by atoms with van der Waals surface area (Å²) in [6.07, 6.45) is 5.50. The molecule has 1 fully saturated rings. The molecule has 0 aromatic rings. The summed E-state index contributed by atoms with van der Waals surface area (Å²) >= 11 is 0. The molecule has 2 heteroatoms. The van der Waals surface area contributed by atoms with E-state index in [1.165, 1.54) is 25.7 Å². The zero-order valence-corrected chi connectivity index (χ0v) is 9.88. The summed E-state index contributed by atoms with van der Waals surface area (Å²) in [6.45, 7) is 8.31. The lowest BCUT2D eigenvalue weighted by molar-refractivity contribution is 0.119. The van der Waals surface area contributed by atoms with Crippen LogP contribution in [0.3, 0.4) is 0 Å². The molecule has 2 nitrogen and oxygen atoms in total. The quantitative estimate of drug-likeness (QED) is 0.735. The van der Waals surface area contributed by atoms with Crippen LogP contribution < -0.4 is 5.32 Å². The smallest absolute Gasteiger partial charge is 0.0616 e. The summed E-state index contributed by atoms with van der Waals surface area (Å²) in [5, 5.41) is 3.66. The summed E-state index contributed by atoms with van der Waals surface area (Å²) in [4.78, 5) is 0. The van der Waals surface area contributed by atoms with E-state index in [1.54, 1.807) is 0 Å². The first-order valence-corrected chi connectivity index (χ1v) is 6.06. The Morgan fingerprint density at radius 1 is 1.43 bits per heavy atom. The second kappa shape index (κ2) is 6.41. The predicted molar refractivity (Wildman–Crippen MR) is 60.5 cm³/mol. The van der Waals surface area contributed by atoms with Gasteiger partial charge < -0.3 is 10.1 Å². The van der Waals surface area contributed by atoms with Gasteiger partial charge in [-0.3, -0.25) is 0 Å². The maximum Gasteiger partial charge on any atom is 0.0616 e. The van der Waals surface area contributed by atoms with Crippen molar-refractivity contribution in [2.24, 2.45) is 5.92 Å². The van der Waals surface area contributed by atoms with Crippen LogP contribution in [0.5, 0.6) is 0 Å². The molecule has 1 saturated carbocycles. The van der Waals surface area contributed by atoms with Crippen molar-refractivity contribution >= 4 is 0 Å². The van der Waals surface area contributed by atoms with Gasteiger partial charge >= 0.3 is 0 Å². The van der Waals surface area contributed by atoms with Gasteiger partial charge in [-0.1, -0.05) is 19.8 Å². The van der Waals surface area contributed by atoms with Crippen molar-refractivity contribution in [3.05, 3.63) is 0 Å². The minimum absolute atomic E-state index is 0.505. The monoisotopic (exact) mass is 199 g/mol. The topological polar surface area (TPSA) is 21.3 Å². The summed E-state index contributed by atoms with van der Waals surface area (Å²) in [5.74, 6) is 0.903.